The molecule has 0 bridgehead atoms. The van der Waals surface area contributed by atoms with E-state index in [1.807, 2.05) is 67.8 Å². The van der Waals surface area contributed by atoms with Gasteiger partial charge in [0, 0.05) is 17.9 Å². The van der Waals surface area contributed by atoms with Crippen LogP contribution in [-0.2, 0) is 11.3 Å². The van der Waals surface area contributed by atoms with Crippen LogP contribution in [0, 0.1) is 13.8 Å². The molecule has 1 amide bonds. The van der Waals surface area contributed by atoms with Crippen molar-refractivity contribution in [1.82, 2.24) is 25.2 Å². The maximum Gasteiger partial charge on any atom is 0.230 e. The van der Waals surface area contributed by atoms with Crippen molar-refractivity contribution in [1.29, 1.82) is 0 Å². The molecule has 29 heavy (non-hydrogen) atoms. The number of aromatic nitrogens is 5. The van der Waals surface area contributed by atoms with E-state index in [2.05, 4.69) is 20.4 Å². The first-order chi connectivity index (χ1) is 14.0. The molecule has 4 aromatic rings. The minimum atomic E-state index is -0.0861. The first-order valence-corrected chi connectivity index (χ1v) is 10.0. The number of hydrogen-bond donors (Lipinski definition) is 0. The van der Waals surface area contributed by atoms with E-state index in [1.54, 1.807) is 4.90 Å². The molecule has 0 saturated heterocycles. The predicted molar refractivity (Wildman–Crippen MR) is 113 cm³/mol. The van der Waals surface area contributed by atoms with Gasteiger partial charge in [-0.25, -0.2) is 4.98 Å². The molecule has 0 aliphatic heterocycles. The summed E-state index contributed by atoms with van der Waals surface area (Å²) in [6.45, 7) is 5.96. The molecule has 4 rings (SSSR count). The van der Waals surface area contributed by atoms with Crippen molar-refractivity contribution in [2.45, 2.75) is 27.3 Å². The Morgan fingerprint density at radius 1 is 1.10 bits per heavy atom. The Balaban J connectivity index is 1.54. The molecule has 0 saturated carbocycles. The Labute approximate surface area is 172 Å². The predicted octanol–water partition coefficient (Wildman–Crippen LogP) is 4.15. The lowest BCUT2D eigenvalue weighted by Crippen LogP contribution is -2.22. The van der Waals surface area contributed by atoms with E-state index in [0.29, 0.717) is 17.5 Å². The number of thiazole rings is 1. The number of nitrogens with zero attached hydrogens (tertiary/aromatic N) is 6. The number of hydrogen-bond acceptors (Lipinski definition) is 6. The van der Waals surface area contributed by atoms with Crippen LogP contribution < -0.4 is 4.90 Å². The summed E-state index contributed by atoms with van der Waals surface area (Å²) in [5.74, 6) is 0.489. The molecule has 146 valence electrons. The number of anilines is 2. The van der Waals surface area contributed by atoms with E-state index in [-0.39, 0.29) is 5.91 Å². The average Bonchev–Trinajstić information content (AvgIpc) is 3.33. The lowest BCUT2D eigenvalue weighted by atomic mass is 10.1. The SMILES string of the molecule is CC(=O)N(c1cccc(C)c1)c1nc(Cn2nnc(-c3ccc(C)cc3)n2)cs1. The van der Waals surface area contributed by atoms with E-state index in [9.17, 15) is 4.79 Å². The van der Waals surface area contributed by atoms with Gasteiger partial charge >= 0.3 is 0 Å². The number of carbonyl (C=O) groups excluding carboxylic acids is 1. The third kappa shape index (κ3) is 4.22. The number of carbonyl (C=O) groups is 1. The zero-order chi connectivity index (χ0) is 20.4. The van der Waals surface area contributed by atoms with E-state index >= 15 is 0 Å². The van der Waals surface area contributed by atoms with Crippen LogP contribution in [0.4, 0.5) is 10.8 Å². The van der Waals surface area contributed by atoms with Crippen molar-refractivity contribution in [3.63, 3.8) is 0 Å². The summed E-state index contributed by atoms with van der Waals surface area (Å²) in [4.78, 5) is 20.0. The van der Waals surface area contributed by atoms with Crippen LogP contribution in [-0.4, -0.2) is 31.1 Å². The van der Waals surface area contributed by atoms with Gasteiger partial charge in [-0.15, -0.1) is 21.5 Å². The fourth-order valence-corrected chi connectivity index (χ4v) is 3.82. The van der Waals surface area contributed by atoms with Crippen molar-refractivity contribution in [2.24, 2.45) is 0 Å². The molecule has 0 N–H and O–H groups in total. The second kappa shape index (κ2) is 7.92. The van der Waals surface area contributed by atoms with Gasteiger partial charge in [-0.3, -0.25) is 9.69 Å². The highest BCUT2D eigenvalue weighted by Crippen LogP contribution is 2.29. The van der Waals surface area contributed by atoms with Crippen molar-refractivity contribution in [3.8, 4) is 11.4 Å². The topological polar surface area (TPSA) is 76.8 Å². The third-order valence-electron chi connectivity index (χ3n) is 4.37. The van der Waals surface area contributed by atoms with Gasteiger partial charge in [0.05, 0.1) is 11.4 Å². The van der Waals surface area contributed by atoms with Crippen molar-refractivity contribution in [3.05, 3.63) is 70.7 Å². The minimum absolute atomic E-state index is 0.0861. The first-order valence-electron chi connectivity index (χ1n) is 9.16. The van der Waals surface area contributed by atoms with Crippen LogP contribution >= 0.6 is 11.3 Å². The lowest BCUT2D eigenvalue weighted by Gasteiger charge is -2.18. The third-order valence-corrected chi connectivity index (χ3v) is 5.25. The molecule has 0 spiro atoms. The van der Waals surface area contributed by atoms with Gasteiger partial charge in [0.25, 0.3) is 0 Å². The zero-order valence-corrected chi connectivity index (χ0v) is 17.2. The summed E-state index contributed by atoms with van der Waals surface area (Å²) < 4.78 is 0. The summed E-state index contributed by atoms with van der Waals surface area (Å²) in [6, 6.07) is 15.8. The largest absolute Gasteiger partial charge is 0.274 e. The van der Waals surface area contributed by atoms with Crippen molar-refractivity contribution in [2.75, 3.05) is 4.90 Å². The van der Waals surface area contributed by atoms with Gasteiger partial charge in [0.15, 0.2) is 5.13 Å². The molecule has 0 aliphatic rings. The van der Waals surface area contributed by atoms with Crippen LogP contribution in [0.1, 0.15) is 23.7 Å². The maximum atomic E-state index is 12.3. The molecule has 0 unspecified atom stereocenters. The van der Waals surface area contributed by atoms with Gasteiger partial charge in [-0.05, 0) is 36.8 Å². The van der Waals surface area contributed by atoms with Gasteiger partial charge in [-0.2, -0.15) is 4.80 Å². The number of benzene rings is 2. The minimum Gasteiger partial charge on any atom is -0.274 e. The summed E-state index contributed by atoms with van der Waals surface area (Å²) >= 11 is 1.42. The Bertz CT molecular complexity index is 1150. The fourth-order valence-electron chi connectivity index (χ4n) is 2.94. The van der Waals surface area contributed by atoms with Crippen molar-refractivity contribution < 1.29 is 4.79 Å². The highest BCUT2D eigenvalue weighted by molar-refractivity contribution is 7.14. The van der Waals surface area contributed by atoms with Crippen LogP contribution in [0.25, 0.3) is 11.4 Å². The van der Waals surface area contributed by atoms with Gasteiger partial charge in [0.2, 0.25) is 11.7 Å². The molecule has 2 aromatic carbocycles. The molecule has 2 heterocycles. The average molecular weight is 404 g/mol. The van der Waals surface area contributed by atoms with E-state index in [1.165, 1.54) is 28.6 Å². The van der Waals surface area contributed by atoms with E-state index in [4.69, 9.17) is 0 Å². The second-order valence-electron chi connectivity index (χ2n) is 6.82. The summed E-state index contributed by atoms with van der Waals surface area (Å²) in [7, 11) is 0. The molecule has 0 atom stereocenters. The molecule has 2 aromatic heterocycles. The maximum absolute atomic E-state index is 12.3. The smallest absolute Gasteiger partial charge is 0.230 e. The molecule has 0 aliphatic carbocycles. The molecule has 0 radical (unpaired) electrons. The van der Waals surface area contributed by atoms with Crippen LogP contribution in [0.2, 0.25) is 0 Å². The highest BCUT2D eigenvalue weighted by Gasteiger charge is 2.18. The first kappa shape index (κ1) is 18.9. The monoisotopic (exact) mass is 404 g/mol. The summed E-state index contributed by atoms with van der Waals surface area (Å²) in [6.07, 6.45) is 0. The Kier molecular flexibility index (Phi) is 5.18. The fraction of sp³-hybridized carbons (Fsp3) is 0.190. The number of amides is 1. The number of aryl methyl sites for hydroxylation is 2. The number of rotatable bonds is 5. The Hall–Kier alpha value is -3.39. The molecule has 7 nitrogen and oxygen atoms in total. The van der Waals surface area contributed by atoms with Crippen LogP contribution in [0.3, 0.4) is 0 Å². The molecule has 8 heteroatoms. The zero-order valence-electron chi connectivity index (χ0n) is 16.4. The highest BCUT2D eigenvalue weighted by atomic mass is 32.1. The van der Waals surface area contributed by atoms with Crippen molar-refractivity contribution >= 4 is 28.1 Å². The van der Waals surface area contributed by atoms with Crippen LogP contribution in [0.5, 0.6) is 0 Å². The normalized spacial score (nSPS) is 10.9. The number of tetrazole rings is 1. The standard InChI is InChI=1S/C21H20N6OS/c1-14-7-9-17(10-8-14)20-23-25-26(24-20)12-18-13-29-21(22-18)27(16(3)28)19-6-4-5-15(2)11-19/h4-11,13H,12H2,1-3H3. The van der Waals surface area contributed by atoms with Gasteiger partial charge in [0.1, 0.15) is 6.54 Å². The Morgan fingerprint density at radius 2 is 1.90 bits per heavy atom. The van der Waals surface area contributed by atoms with E-state index in [0.717, 1.165) is 22.5 Å². The molecular formula is C21H20N6OS. The quantitative estimate of drug-likeness (QED) is 0.499. The lowest BCUT2D eigenvalue weighted by molar-refractivity contribution is -0.115. The summed E-state index contributed by atoms with van der Waals surface area (Å²) in [5.41, 5.74) is 4.76. The second-order valence-corrected chi connectivity index (χ2v) is 7.66. The van der Waals surface area contributed by atoms with Gasteiger partial charge in [-0.1, -0.05) is 42.0 Å². The summed E-state index contributed by atoms with van der Waals surface area (Å²) in [5, 5.41) is 15.2. The van der Waals surface area contributed by atoms with Gasteiger partial charge < -0.3 is 0 Å². The molecular weight excluding hydrogens is 384 g/mol. The van der Waals surface area contributed by atoms with Crippen LogP contribution in [0.15, 0.2) is 53.9 Å². The molecule has 0 fully saturated rings. The van der Waals surface area contributed by atoms with E-state index < -0.39 is 0 Å². The Morgan fingerprint density at radius 3 is 2.62 bits per heavy atom.